The number of carbonyl (C=O) groups excluding carboxylic acids is 2. The first-order valence-electron chi connectivity index (χ1n) is 13.2. The monoisotopic (exact) mass is 615 g/mol. The van der Waals surface area contributed by atoms with Crippen LogP contribution in [0.5, 0.6) is 5.75 Å². The van der Waals surface area contributed by atoms with Crippen LogP contribution in [-0.2, 0) is 0 Å². The van der Waals surface area contributed by atoms with Crippen molar-refractivity contribution in [3.8, 4) is 26.9 Å². The average Bonchev–Trinajstić information content (AvgIpc) is 3.60. The topological polar surface area (TPSA) is 134 Å². The van der Waals surface area contributed by atoms with E-state index in [0.29, 0.717) is 28.2 Å². The van der Waals surface area contributed by atoms with Crippen LogP contribution in [-0.4, -0.2) is 60.1 Å². The Morgan fingerprint density at radius 2 is 1.86 bits per heavy atom. The maximum absolute atomic E-state index is 14.8. The predicted molar refractivity (Wildman–Crippen MR) is 163 cm³/mol. The van der Waals surface area contributed by atoms with Gasteiger partial charge in [0.1, 0.15) is 33.1 Å². The Labute approximate surface area is 249 Å². The second kappa shape index (κ2) is 14.2. The van der Waals surface area contributed by atoms with Crippen LogP contribution >= 0.6 is 22.7 Å². The molecule has 2 aromatic carbocycles. The smallest absolute Gasteiger partial charge is 0.321 e. The third-order valence-corrected chi connectivity index (χ3v) is 8.30. The number of halogens is 2. The molecule has 5 N–H and O–H groups in total. The van der Waals surface area contributed by atoms with Crippen molar-refractivity contribution in [3.63, 3.8) is 0 Å². The highest BCUT2D eigenvalue weighted by Gasteiger charge is 2.20. The normalized spacial score (nSPS) is 11.0. The number of thiazole rings is 2. The summed E-state index contributed by atoms with van der Waals surface area (Å²) in [4.78, 5) is 36.5. The lowest BCUT2D eigenvalue weighted by atomic mass is 10.1. The van der Waals surface area contributed by atoms with Crippen molar-refractivity contribution in [3.05, 3.63) is 59.0 Å². The van der Waals surface area contributed by atoms with Gasteiger partial charge in [0, 0.05) is 29.1 Å². The number of nitrogens with zero attached hydrogens (tertiary/aromatic N) is 3. The summed E-state index contributed by atoms with van der Waals surface area (Å²) in [6.45, 7) is 7.50. The fraction of sp³-hybridized carbons (Fsp3) is 0.286. The number of ether oxygens (including phenoxy) is 1. The van der Waals surface area contributed by atoms with E-state index in [1.54, 1.807) is 23.6 Å². The predicted octanol–water partition coefficient (Wildman–Crippen LogP) is 5.91. The van der Waals surface area contributed by atoms with E-state index in [4.69, 9.17) is 10.5 Å². The van der Waals surface area contributed by atoms with Gasteiger partial charge in [-0.15, -0.1) is 11.3 Å². The molecular weight excluding hydrogens is 584 g/mol. The molecule has 0 fully saturated rings. The molecule has 4 aromatic rings. The van der Waals surface area contributed by atoms with Crippen LogP contribution in [0.25, 0.3) is 21.1 Å². The van der Waals surface area contributed by atoms with Crippen LogP contribution in [0.1, 0.15) is 30.6 Å². The summed E-state index contributed by atoms with van der Waals surface area (Å²) in [6.07, 6.45) is 0.814. The number of rotatable bonds is 12. The number of hydrogen-bond donors (Lipinski definition) is 4. The number of aromatic nitrogens is 2. The fourth-order valence-corrected chi connectivity index (χ4v) is 5.83. The summed E-state index contributed by atoms with van der Waals surface area (Å²) in [5.41, 5.74) is 6.34. The number of benzene rings is 2. The summed E-state index contributed by atoms with van der Waals surface area (Å²) >= 11 is 2.32. The highest BCUT2D eigenvalue weighted by atomic mass is 32.1. The van der Waals surface area contributed by atoms with E-state index in [2.05, 4.69) is 44.7 Å². The number of anilines is 3. The third kappa shape index (κ3) is 7.57. The van der Waals surface area contributed by atoms with Gasteiger partial charge < -0.3 is 26.0 Å². The highest BCUT2D eigenvalue weighted by molar-refractivity contribution is 7.23. The zero-order valence-corrected chi connectivity index (χ0v) is 24.9. The quantitative estimate of drug-likeness (QED) is 0.146. The van der Waals surface area contributed by atoms with Crippen LogP contribution in [0.4, 0.5) is 30.2 Å². The van der Waals surface area contributed by atoms with E-state index in [9.17, 15) is 18.4 Å². The van der Waals surface area contributed by atoms with Crippen LogP contribution in [0.2, 0.25) is 0 Å². The summed E-state index contributed by atoms with van der Waals surface area (Å²) in [7, 11) is 1.47. The molecule has 2 aromatic heterocycles. The van der Waals surface area contributed by atoms with Crippen molar-refractivity contribution >= 4 is 51.2 Å². The van der Waals surface area contributed by atoms with Crippen molar-refractivity contribution in [1.82, 2.24) is 20.2 Å². The molecule has 3 amide bonds. The molecule has 0 saturated heterocycles. The Morgan fingerprint density at radius 1 is 1.07 bits per heavy atom. The SMILES string of the molecule is CCN(CC)CCCNC(=O)Nc1nc(N)c(-c2nc(-c3cc(NC(=O)c4cccc(OC)c4)c(F)cc3F)cs2)s1. The standard InChI is InChI=1S/C28H31F2N7O3S2/c1-4-37(5-2)11-7-10-32-27(39)36-28-35-24(31)23(42-28)26-34-22(15-41-26)18-13-21(20(30)14-19(18)29)33-25(38)16-8-6-9-17(12-16)40-3/h6,8-9,12-15H,4-5,7,10-11,31H2,1-3H3,(H,33,38)(H2,32,35,36,39). The molecule has 0 saturated carbocycles. The van der Waals surface area contributed by atoms with Gasteiger partial charge in [0.05, 0.1) is 18.5 Å². The van der Waals surface area contributed by atoms with Gasteiger partial charge in [0.25, 0.3) is 5.91 Å². The lowest BCUT2D eigenvalue weighted by Gasteiger charge is -2.17. The number of methoxy groups -OCH3 is 1. The molecule has 0 aliphatic rings. The van der Waals surface area contributed by atoms with Gasteiger partial charge in [-0.2, -0.15) is 0 Å². The van der Waals surface area contributed by atoms with Gasteiger partial charge in [0.2, 0.25) is 0 Å². The Balaban J connectivity index is 1.45. The first-order valence-corrected chi connectivity index (χ1v) is 14.9. The summed E-state index contributed by atoms with van der Waals surface area (Å²) in [5, 5.41) is 10.3. The van der Waals surface area contributed by atoms with Gasteiger partial charge in [-0.3, -0.25) is 10.1 Å². The maximum Gasteiger partial charge on any atom is 0.321 e. The molecule has 0 radical (unpaired) electrons. The average molecular weight is 616 g/mol. The van der Waals surface area contributed by atoms with Gasteiger partial charge in [0.15, 0.2) is 5.13 Å². The van der Waals surface area contributed by atoms with Gasteiger partial charge >= 0.3 is 6.03 Å². The number of nitrogens with one attached hydrogen (secondary N) is 3. The second-order valence-electron chi connectivity index (χ2n) is 9.03. The Bertz CT molecular complexity index is 1560. The van der Waals surface area contributed by atoms with Crippen LogP contribution in [0.3, 0.4) is 0 Å². The number of amides is 3. The number of carbonyl (C=O) groups is 2. The second-order valence-corrected chi connectivity index (χ2v) is 10.9. The molecule has 42 heavy (non-hydrogen) atoms. The van der Waals surface area contributed by atoms with E-state index in [0.717, 1.165) is 37.4 Å². The van der Waals surface area contributed by atoms with E-state index >= 15 is 0 Å². The molecule has 0 atom stereocenters. The van der Waals surface area contributed by atoms with Gasteiger partial charge in [-0.25, -0.2) is 23.5 Å². The minimum Gasteiger partial charge on any atom is -0.497 e. The molecule has 0 unspecified atom stereocenters. The highest BCUT2D eigenvalue weighted by Crippen LogP contribution is 2.39. The van der Waals surface area contributed by atoms with E-state index in [1.807, 2.05) is 0 Å². The largest absolute Gasteiger partial charge is 0.497 e. The van der Waals surface area contributed by atoms with E-state index in [1.165, 1.54) is 30.6 Å². The van der Waals surface area contributed by atoms with E-state index in [-0.39, 0.29) is 33.5 Å². The number of hydrogen-bond acceptors (Lipinski definition) is 9. The zero-order valence-electron chi connectivity index (χ0n) is 23.3. The van der Waals surface area contributed by atoms with Crippen LogP contribution < -0.4 is 26.4 Å². The number of nitrogens with two attached hydrogens (primary N) is 1. The third-order valence-electron chi connectivity index (χ3n) is 6.32. The molecule has 2 heterocycles. The van der Waals surface area contributed by atoms with Crippen LogP contribution in [0.15, 0.2) is 41.8 Å². The Kier molecular flexibility index (Phi) is 10.4. The molecule has 14 heteroatoms. The summed E-state index contributed by atoms with van der Waals surface area (Å²) in [6, 6.07) is 7.84. The first-order chi connectivity index (χ1) is 20.2. The van der Waals surface area contributed by atoms with Gasteiger partial charge in [-0.1, -0.05) is 31.3 Å². The summed E-state index contributed by atoms with van der Waals surface area (Å²) < 4.78 is 34.6. The van der Waals surface area contributed by atoms with E-state index < -0.39 is 23.6 Å². The van der Waals surface area contributed by atoms with Crippen molar-refractivity contribution in [2.24, 2.45) is 0 Å². The molecule has 0 aliphatic carbocycles. The zero-order chi connectivity index (χ0) is 30.2. The maximum atomic E-state index is 14.8. The van der Waals surface area contributed by atoms with Crippen molar-refractivity contribution in [2.75, 3.05) is 49.7 Å². The molecule has 0 aliphatic heterocycles. The minimum atomic E-state index is -0.934. The molecule has 10 nitrogen and oxygen atoms in total. The Morgan fingerprint density at radius 3 is 2.60 bits per heavy atom. The lowest BCUT2D eigenvalue weighted by Crippen LogP contribution is -2.32. The van der Waals surface area contributed by atoms with Crippen molar-refractivity contribution in [2.45, 2.75) is 20.3 Å². The van der Waals surface area contributed by atoms with Crippen molar-refractivity contribution < 1.29 is 23.1 Å². The van der Waals surface area contributed by atoms with Gasteiger partial charge in [-0.05, 0) is 50.3 Å². The molecule has 0 bridgehead atoms. The fourth-order valence-electron chi connectivity index (χ4n) is 4.03. The number of nitrogen functional groups attached to an aromatic ring is 1. The molecular formula is C28H31F2N7O3S2. The Hall–Kier alpha value is -4.14. The van der Waals surface area contributed by atoms with Crippen molar-refractivity contribution in [1.29, 1.82) is 0 Å². The van der Waals surface area contributed by atoms with Crippen LogP contribution in [0, 0.1) is 11.6 Å². The lowest BCUT2D eigenvalue weighted by molar-refractivity contribution is 0.102. The summed E-state index contributed by atoms with van der Waals surface area (Å²) in [5.74, 6) is -1.75. The number of urea groups is 1. The molecule has 0 spiro atoms. The minimum absolute atomic E-state index is 0.00892. The molecule has 222 valence electrons. The first kappa shape index (κ1) is 30.8. The molecule has 4 rings (SSSR count).